The van der Waals surface area contributed by atoms with Crippen molar-refractivity contribution in [2.45, 2.75) is 25.4 Å². The Hall–Kier alpha value is -5.71. The average molecular weight is 671 g/mol. The molecule has 5 aromatic carbocycles. The van der Waals surface area contributed by atoms with Gasteiger partial charge in [-0.15, -0.1) is 0 Å². The Kier molecular flexibility index (Phi) is 9.46. The molecule has 0 unspecified atom stereocenters. The SMILES string of the molecule is Cc1nn(C(c2ccccc2)(c2ccccc2)c2ccccc2)cc1-c1ccc(C(=CN(C)[C@H](C)c2ccccc2)c2ccc(Cl)cc2)cn1. The fourth-order valence-corrected chi connectivity index (χ4v) is 6.88. The number of benzene rings is 5. The molecular formula is C45H39ClN4. The van der Waals surface area contributed by atoms with Gasteiger partial charge in [-0.1, -0.05) is 151 Å². The Morgan fingerprint density at radius 1 is 0.680 bits per heavy atom. The molecule has 5 heteroatoms. The van der Waals surface area contributed by atoms with Crippen LogP contribution in [0.5, 0.6) is 0 Å². The zero-order chi connectivity index (χ0) is 34.5. The van der Waals surface area contributed by atoms with Crippen LogP contribution in [0.25, 0.3) is 16.8 Å². The summed E-state index contributed by atoms with van der Waals surface area (Å²) in [6, 6.07) is 54.8. The van der Waals surface area contributed by atoms with E-state index in [-0.39, 0.29) is 6.04 Å². The number of hydrogen-bond acceptors (Lipinski definition) is 3. The number of aryl methyl sites for hydroxylation is 1. The minimum atomic E-state index is -0.697. The van der Waals surface area contributed by atoms with Gasteiger partial charge in [-0.3, -0.25) is 9.67 Å². The van der Waals surface area contributed by atoms with Crippen LogP contribution in [0, 0.1) is 6.92 Å². The third-order valence-corrected chi connectivity index (χ3v) is 9.80. The van der Waals surface area contributed by atoms with Crippen LogP contribution in [-0.4, -0.2) is 26.7 Å². The predicted octanol–water partition coefficient (Wildman–Crippen LogP) is 10.8. The topological polar surface area (TPSA) is 34.0 Å². The first-order chi connectivity index (χ1) is 24.4. The number of hydrogen-bond donors (Lipinski definition) is 0. The molecule has 7 rings (SSSR count). The predicted molar refractivity (Wildman–Crippen MR) is 206 cm³/mol. The summed E-state index contributed by atoms with van der Waals surface area (Å²) in [5.41, 5.74) is 9.83. The maximum absolute atomic E-state index is 6.30. The van der Waals surface area contributed by atoms with Crippen LogP contribution in [0.2, 0.25) is 5.02 Å². The summed E-state index contributed by atoms with van der Waals surface area (Å²) in [5, 5.41) is 5.94. The molecule has 1 atom stereocenters. The molecule has 50 heavy (non-hydrogen) atoms. The van der Waals surface area contributed by atoms with E-state index in [1.165, 1.54) is 5.56 Å². The van der Waals surface area contributed by atoms with Gasteiger partial charge in [0.2, 0.25) is 0 Å². The van der Waals surface area contributed by atoms with E-state index in [0.29, 0.717) is 5.02 Å². The van der Waals surface area contributed by atoms with E-state index in [1.807, 2.05) is 18.3 Å². The van der Waals surface area contributed by atoms with Crippen molar-refractivity contribution in [3.8, 4) is 11.3 Å². The molecule has 0 amide bonds. The Bertz CT molecular complexity index is 2080. The number of halogens is 1. The van der Waals surface area contributed by atoms with E-state index >= 15 is 0 Å². The van der Waals surface area contributed by atoms with Crippen LogP contribution < -0.4 is 0 Å². The van der Waals surface area contributed by atoms with Gasteiger partial charge in [0.25, 0.3) is 0 Å². The molecule has 0 saturated carbocycles. The zero-order valence-electron chi connectivity index (χ0n) is 28.5. The van der Waals surface area contributed by atoms with Gasteiger partial charge in [0.05, 0.1) is 17.4 Å². The molecule has 0 saturated heterocycles. The standard InChI is InChI=1S/C45H39ClN4/c1-33-42(32-50(48-33)45(38-18-10-5-11-19-38,39-20-12-6-13-21-39)40-22-14-7-15-23-40)44-29-26-37(30-47-44)43(36-24-27-41(46)28-25-36)31-49(3)34(2)35-16-8-4-9-17-35/h4-32,34H,1-3H3/t34-/m1/s1. The van der Waals surface area contributed by atoms with Crippen molar-refractivity contribution in [1.29, 1.82) is 0 Å². The first-order valence-corrected chi connectivity index (χ1v) is 17.3. The van der Waals surface area contributed by atoms with Gasteiger partial charge >= 0.3 is 0 Å². The molecule has 7 aromatic rings. The van der Waals surface area contributed by atoms with E-state index in [9.17, 15) is 0 Å². The average Bonchev–Trinajstić information content (AvgIpc) is 3.57. The van der Waals surface area contributed by atoms with Gasteiger partial charge in [0.15, 0.2) is 0 Å². The number of nitrogens with zero attached hydrogens (tertiary/aromatic N) is 4. The van der Waals surface area contributed by atoms with Crippen LogP contribution in [0.15, 0.2) is 176 Å². The Balaban J connectivity index is 1.32. The highest BCUT2D eigenvalue weighted by atomic mass is 35.5. The molecule has 0 fully saturated rings. The lowest BCUT2D eigenvalue weighted by Gasteiger charge is -2.36. The number of pyridine rings is 1. The van der Waals surface area contributed by atoms with E-state index in [4.69, 9.17) is 21.7 Å². The summed E-state index contributed by atoms with van der Waals surface area (Å²) < 4.78 is 2.12. The van der Waals surface area contributed by atoms with Crippen molar-refractivity contribution < 1.29 is 0 Å². The van der Waals surface area contributed by atoms with Crippen molar-refractivity contribution in [1.82, 2.24) is 19.7 Å². The fraction of sp³-hybridized carbons (Fsp3) is 0.111. The lowest BCUT2D eigenvalue weighted by atomic mass is 9.77. The maximum Gasteiger partial charge on any atom is 0.138 e. The highest BCUT2D eigenvalue weighted by Gasteiger charge is 2.39. The third kappa shape index (κ3) is 6.38. The summed E-state index contributed by atoms with van der Waals surface area (Å²) >= 11 is 6.30. The number of aromatic nitrogens is 3. The van der Waals surface area contributed by atoms with E-state index in [0.717, 1.165) is 50.3 Å². The molecule has 0 bridgehead atoms. The second-order valence-corrected chi connectivity index (χ2v) is 13.1. The van der Waals surface area contributed by atoms with Gasteiger partial charge in [-0.25, -0.2) is 0 Å². The maximum atomic E-state index is 6.30. The molecular weight excluding hydrogens is 632 g/mol. The molecule has 2 aromatic heterocycles. The zero-order valence-corrected chi connectivity index (χ0v) is 29.2. The minimum absolute atomic E-state index is 0.179. The summed E-state index contributed by atoms with van der Waals surface area (Å²) in [7, 11) is 2.12. The highest BCUT2D eigenvalue weighted by Crippen LogP contribution is 2.41. The van der Waals surface area contributed by atoms with E-state index in [2.05, 4.69) is 188 Å². The second kappa shape index (κ2) is 14.4. The van der Waals surface area contributed by atoms with Crippen LogP contribution in [-0.2, 0) is 5.54 Å². The molecule has 0 aliphatic carbocycles. The fourth-order valence-electron chi connectivity index (χ4n) is 6.76. The largest absolute Gasteiger partial charge is 0.373 e. The lowest BCUT2D eigenvalue weighted by molar-refractivity contribution is 0.362. The van der Waals surface area contributed by atoms with Gasteiger partial charge < -0.3 is 4.90 Å². The molecule has 2 heterocycles. The minimum Gasteiger partial charge on any atom is -0.373 e. The van der Waals surface area contributed by atoms with Crippen LogP contribution in [0.3, 0.4) is 0 Å². The van der Waals surface area contributed by atoms with Crippen LogP contribution >= 0.6 is 11.6 Å². The van der Waals surface area contributed by atoms with Crippen molar-refractivity contribution >= 4 is 17.2 Å². The summed E-state index contributed by atoms with van der Waals surface area (Å²) in [5.74, 6) is 0. The molecule has 0 aliphatic heterocycles. The smallest absolute Gasteiger partial charge is 0.138 e. The normalized spacial score (nSPS) is 12.4. The molecule has 0 aliphatic rings. The van der Waals surface area contributed by atoms with Crippen molar-refractivity contribution in [2.75, 3.05) is 7.05 Å². The quantitative estimate of drug-likeness (QED) is 0.136. The molecule has 4 nitrogen and oxygen atoms in total. The highest BCUT2D eigenvalue weighted by molar-refractivity contribution is 6.30. The second-order valence-electron chi connectivity index (χ2n) is 12.6. The van der Waals surface area contributed by atoms with E-state index in [1.54, 1.807) is 0 Å². The van der Waals surface area contributed by atoms with Crippen molar-refractivity contribution in [3.05, 3.63) is 220 Å². The van der Waals surface area contributed by atoms with Crippen LogP contribution in [0.4, 0.5) is 0 Å². The summed E-state index contributed by atoms with van der Waals surface area (Å²) in [6.45, 7) is 4.28. The first-order valence-electron chi connectivity index (χ1n) is 16.9. The third-order valence-electron chi connectivity index (χ3n) is 9.55. The molecule has 0 radical (unpaired) electrons. The van der Waals surface area contributed by atoms with Gasteiger partial charge in [-0.2, -0.15) is 5.10 Å². The van der Waals surface area contributed by atoms with Gasteiger partial charge in [0.1, 0.15) is 5.54 Å². The molecule has 0 spiro atoms. The van der Waals surface area contributed by atoms with Crippen molar-refractivity contribution in [2.24, 2.45) is 0 Å². The van der Waals surface area contributed by atoms with Crippen molar-refractivity contribution in [3.63, 3.8) is 0 Å². The van der Waals surface area contributed by atoms with Gasteiger partial charge in [-0.05, 0) is 59.9 Å². The monoisotopic (exact) mass is 670 g/mol. The Morgan fingerprint density at radius 3 is 1.68 bits per heavy atom. The number of rotatable bonds is 10. The lowest BCUT2D eigenvalue weighted by Crippen LogP contribution is -2.38. The Labute approximate surface area is 300 Å². The first kappa shape index (κ1) is 32.8. The Morgan fingerprint density at radius 2 is 1.18 bits per heavy atom. The summed E-state index contributed by atoms with van der Waals surface area (Å²) in [6.07, 6.45) is 6.32. The molecule has 0 N–H and O–H groups in total. The summed E-state index contributed by atoms with van der Waals surface area (Å²) in [4.78, 5) is 7.31. The van der Waals surface area contributed by atoms with Crippen LogP contribution in [0.1, 0.15) is 52.0 Å². The van der Waals surface area contributed by atoms with E-state index < -0.39 is 5.54 Å². The van der Waals surface area contributed by atoms with Gasteiger partial charge in [0, 0.05) is 47.4 Å². The molecule has 246 valence electrons.